The van der Waals surface area contributed by atoms with Crippen molar-refractivity contribution in [2.75, 3.05) is 17.2 Å². The summed E-state index contributed by atoms with van der Waals surface area (Å²) in [5.41, 5.74) is 7.60. The molecule has 0 spiro atoms. The lowest BCUT2D eigenvalue weighted by Crippen LogP contribution is -2.49. The van der Waals surface area contributed by atoms with Crippen LogP contribution in [-0.2, 0) is 16.1 Å². The molecular formula is C20H20ClN5O2S. The van der Waals surface area contributed by atoms with E-state index >= 15 is 0 Å². The Labute approximate surface area is 177 Å². The van der Waals surface area contributed by atoms with Crippen LogP contribution in [0.1, 0.15) is 5.56 Å². The van der Waals surface area contributed by atoms with Gasteiger partial charge in [0.1, 0.15) is 6.17 Å². The second-order valence-electron chi connectivity index (χ2n) is 6.65. The number of aliphatic imine (C=N–C) groups is 1. The van der Waals surface area contributed by atoms with Gasteiger partial charge in [-0.05, 0) is 23.8 Å². The van der Waals surface area contributed by atoms with Crippen LogP contribution in [0.2, 0.25) is 5.02 Å². The Balaban J connectivity index is 1.44. The van der Waals surface area contributed by atoms with Crippen molar-refractivity contribution in [2.24, 2.45) is 10.9 Å². The highest BCUT2D eigenvalue weighted by molar-refractivity contribution is 8.14. The van der Waals surface area contributed by atoms with Crippen LogP contribution in [0, 0.1) is 5.92 Å². The fourth-order valence-corrected chi connectivity index (χ4v) is 4.28. The van der Waals surface area contributed by atoms with Crippen molar-refractivity contribution in [1.29, 1.82) is 0 Å². The Hall–Kier alpha value is -2.39. The molecule has 150 valence electrons. The van der Waals surface area contributed by atoms with E-state index in [4.69, 9.17) is 11.6 Å². The summed E-state index contributed by atoms with van der Waals surface area (Å²) in [4.78, 5) is 31.7. The second-order valence-corrected chi connectivity index (χ2v) is 8.00. The van der Waals surface area contributed by atoms with Crippen LogP contribution in [0.3, 0.4) is 0 Å². The highest BCUT2D eigenvalue weighted by Crippen LogP contribution is 2.29. The fourth-order valence-electron chi connectivity index (χ4n) is 3.20. The first-order valence-electron chi connectivity index (χ1n) is 9.21. The summed E-state index contributed by atoms with van der Waals surface area (Å²) in [6, 6.07) is 16.7. The number of nitrogens with one attached hydrogen (secondary N) is 3. The van der Waals surface area contributed by atoms with Gasteiger partial charge in [-0.1, -0.05) is 59.8 Å². The van der Waals surface area contributed by atoms with Gasteiger partial charge in [-0.15, -0.1) is 0 Å². The fraction of sp³-hybridized carbons (Fsp3) is 0.250. The molecule has 2 heterocycles. The minimum Gasteiger partial charge on any atom is -0.351 e. The lowest BCUT2D eigenvalue weighted by molar-refractivity contribution is -0.121. The monoisotopic (exact) mass is 429 g/mol. The predicted octanol–water partition coefficient (Wildman–Crippen LogP) is 2.14. The average Bonchev–Trinajstić information content (AvgIpc) is 3.21. The van der Waals surface area contributed by atoms with E-state index in [2.05, 4.69) is 21.2 Å². The highest BCUT2D eigenvalue weighted by Gasteiger charge is 2.42. The Morgan fingerprint density at radius 2 is 1.97 bits per heavy atom. The maximum absolute atomic E-state index is 13.0. The van der Waals surface area contributed by atoms with Crippen LogP contribution in [0.25, 0.3) is 0 Å². The smallest absolute Gasteiger partial charge is 0.241 e. The number of hydrogen-bond donors (Lipinski definition) is 3. The quantitative estimate of drug-likeness (QED) is 0.678. The zero-order valence-electron chi connectivity index (χ0n) is 15.5. The summed E-state index contributed by atoms with van der Waals surface area (Å²) in [6.45, 7) is 0.871. The molecule has 0 radical (unpaired) electrons. The molecule has 2 aliphatic heterocycles. The lowest BCUT2D eigenvalue weighted by atomic mass is 10.1. The number of fused-ring (bicyclic) bond motifs is 1. The van der Waals surface area contributed by atoms with Crippen LogP contribution in [0.4, 0.5) is 5.69 Å². The van der Waals surface area contributed by atoms with Gasteiger partial charge in [0, 0.05) is 18.1 Å². The van der Waals surface area contributed by atoms with Crippen LogP contribution in [0.5, 0.6) is 0 Å². The van der Waals surface area contributed by atoms with E-state index in [9.17, 15) is 9.59 Å². The van der Waals surface area contributed by atoms with E-state index in [0.717, 1.165) is 11.3 Å². The Morgan fingerprint density at radius 3 is 2.76 bits per heavy atom. The minimum atomic E-state index is -0.323. The molecule has 1 saturated heterocycles. The van der Waals surface area contributed by atoms with Crippen LogP contribution in [0.15, 0.2) is 59.6 Å². The van der Waals surface area contributed by atoms with Crippen LogP contribution in [-0.4, -0.2) is 35.4 Å². The largest absolute Gasteiger partial charge is 0.351 e. The van der Waals surface area contributed by atoms with Crippen LogP contribution >= 0.6 is 23.4 Å². The number of carbonyl (C=O) groups excluding carboxylic acids is 2. The molecule has 7 nitrogen and oxygen atoms in total. The molecule has 9 heteroatoms. The third kappa shape index (κ3) is 4.45. The number of carbonyl (C=O) groups is 2. The summed E-state index contributed by atoms with van der Waals surface area (Å²) in [6.07, 6.45) is -0.323. The van der Waals surface area contributed by atoms with Crippen molar-refractivity contribution in [1.82, 2.24) is 16.2 Å². The summed E-state index contributed by atoms with van der Waals surface area (Å²) in [5.74, 6) is -0.316. The molecule has 0 saturated carbocycles. The van der Waals surface area contributed by atoms with E-state index in [-0.39, 0.29) is 29.7 Å². The molecule has 2 aliphatic rings. The van der Waals surface area contributed by atoms with E-state index in [1.165, 1.54) is 11.8 Å². The molecule has 0 bridgehead atoms. The molecular weight excluding hydrogens is 410 g/mol. The van der Waals surface area contributed by atoms with Crippen molar-refractivity contribution >= 4 is 46.0 Å². The number of hydrogen-bond acceptors (Lipinski definition) is 6. The first kappa shape index (κ1) is 19.9. The molecule has 2 atom stereocenters. The highest BCUT2D eigenvalue weighted by atomic mass is 35.5. The second kappa shape index (κ2) is 8.96. The number of anilines is 1. The summed E-state index contributed by atoms with van der Waals surface area (Å²) < 4.78 is 0. The van der Waals surface area contributed by atoms with Crippen molar-refractivity contribution in [3.05, 3.63) is 65.2 Å². The normalized spacial score (nSPS) is 20.9. The lowest BCUT2D eigenvalue weighted by Gasteiger charge is -2.32. The van der Waals surface area contributed by atoms with Gasteiger partial charge in [0.15, 0.2) is 5.17 Å². The number of amidine groups is 1. The SMILES string of the molecule is O=C(CSC1=NC2NNCC2C(=O)N1c1ccccc1)NCc1ccccc1Cl. The summed E-state index contributed by atoms with van der Waals surface area (Å²) >= 11 is 7.37. The van der Waals surface area contributed by atoms with E-state index < -0.39 is 0 Å². The first-order valence-corrected chi connectivity index (χ1v) is 10.6. The Kier molecular flexibility index (Phi) is 6.15. The number of rotatable bonds is 5. The molecule has 2 aromatic rings. The summed E-state index contributed by atoms with van der Waals surface area (Å²) in [5, 5.41) is 3.98. The molecule has 3 N–H and O–H groups in total. The van der Waals surface area contributed by atoms with Gasteiger partial charge in [0.25, 0.3) is 0 Å². The van der Waals surface area contributed by atoms with Gasteiger partial charge >= 0.3 is 0 Å². The Morgan fingerprint density at radius 1 is 1.21 bits per heavy atom. The van der Waals surface area contributed by atoms with E-state index in [0.29, 0.717) is 23.3 Å². The number of benzene rings is 2. The third-order valence-electron chi connectivity index (χ3n) is 4.71. The van der Waals surface area contributed by atoms with Crippen molar-refractivity contribution < 1.29 is 9.59 Å². The maximum Gasteiger partial charge on any atom is 0.241 e. The minimum absolute atomic E-state index is 0.0346. The van der Waals surface area contributed by atoms with E-state index in [1.54, 1.807) is 11.0 Å². The number of thioether (sulfide) groups is 1. The number of amides is 2. The van der Waals surface area contributed by atoms with Gasteiger partial charge < -0.3 is 5.32 Å². The summed E-state index contributed by atoms with van der Waals surface area (Å²) in [7, 11) is 0. The standard InChI is InChI=1S/C20H20ClN5O2S/c21-16-9-5-4-6-13(16)10-22-17(27)12-29-20-24-18-15(11-23-25-18)19(28)26(20)14-7-2-1-3-8-14/h1-9,15,18,23,25H,10-12H2,(H,22,27). The van der Waals surface area contributed by atoms with Gasteiger partial charge in [-0.25, -0.2) is 10.4 Å². The van der Waals surface area contributed by atoms with Crippen LogP contribution < -0.4 is 21.1 Å². The van der Waals surface area contributed by atoms with Crippen molar-refractivity contribution in [3.63, 3.8) is 0 Å². The molecule has 0 aromatic heterocycles. The number of para-hydroxylation sites is 1. The number of hydrazine groups is 1. The predicted molar refractivity (Wildman–Crippen MR) is 116 cm³/mol. The molecule has 4 rings (SSSR count). The maximum atomic E-state index is 13.0. The average molecular weight is 430 g/mol. The van der Waals surface area contributed by atoms with Gasteiger partial charge in [0.2, 0.25) is 11.8 Å². The zero-order valence-corrected chi connectivity index (χ0v) is 17.0. The van der Waals surface area contributed by atoms with Crippen molar-refractivity contribution in [3.8, 4) is 0 Å². The van der Waals surface area contributed by atoms with Gasteiger partial charge in [0.05, 0.1) is 17.4 Å². The Bertz CT molecular complexity index is 939. The first-order chi connectivity index (χ1) is 14.1. The van der Waals surface area contributed by atoms with E-state index in [1.807, 2.05) is 48.5 Å². The third-order valence-corrected chi connectivity index (χ3v) is 6.03. The topological polar surface area (TPSA) is 85.8 Å². The molecule has 1 fully saturated rings. The molecule has 2 aromatic carbocycles. The van der Waals surface area contributed by atoms with Crippen molar-refractivity contribution in [2.45, 2.75) is 12.7 Å². The molecule has 0 aliphatic carbocycles. The number of nitrogens with zero attached hydrogens (tertiary/aromatic N) is 2. The zero-order chi connectivity index (χ0) is 20.2. The number of halogens is 1. The molecule has 29 heavy (non-hydrogen) atoms. The molecule has 2 unspecified atom stereocenters. The van der Waals surface area contributed by atoms with Gasteiger partial charge in [-0.3, -0.25) is 19.9 Å². The van der Waals surface area contributed by atoms with Gasteiger partial charge in [-0.2, -0.15) is 0 Å². The molecule has 2 amide bonds.